The second-order valence-electron chi connectivity index (χ2n) is 3.84. The molecule has 0 atom stereocenters. The van der Waals surface area contributed by atoms with E-state index in [0.29, 0.717) is 12.0 Å². The molecular weight excluding hydrogens is 212 g/mol. The van der Waals surface area contributed by atoms with E-state index in [2.05, 4.69) is 0 Å². The predicted molar refractivity (Wildman–Crippen MR) is 62.6 cm³/mol. The third kappa shape index (κ3) is 2.87. The van der Waals surface area contributed by atoms with Gasteiger partial charge in [0.1, 0.15) is 9.63 Å². The molecule has 4 heteroatoms. The predicted octanol–water partition coefficient (Wildman–Crippen LogP) is 2.92. The zero-order valence-corrected chi connectivity index (χ0v) is 9.96. The fraction of sp³-hybridized carbons (Fsp3) is 0.455. The molecule has 2 N–H and O–H groups in total. The second-order valence-corrected chi connectivity index (χ2v) is 6.72. The van der Waals surface area contributed by atoms with Gasteiger partial charge in [-0.05, 0) is 25.0 Å². The average Bonchev–Trinajstić information content (AvgIpc) is 2.15. The molecule has 0 fully saturated rings. The zero-order valence-electron chi connectivity index (χ0n) is 9.14. The molecule has 3 nitrogen and oxygen atoms in total. The molecule has 0 spiro atoms. The van der Waals surface area contributed by atoms with Crippen LogP contribution in [0.1, 0.15) is 25.3 Å². The van der Waals surface area contributed by atoms with Crippen LogP contribution in [-0.2, 0) is 9.63 Å². The Bertz CT molecular complexity index is 406. The summed E-state index contributed by atoms with van der Waals surface area (Å²) in [6.07, 6.45) is 1.31. The summed E-state index contributed by atoms with van der Waals surface area (Å²) in [6.45, 7) is 3.64. The monoisotopic (exact) mass is 230 g/mol. The SMILES string of the molecule is CCCCS(=O)(O)(O)c1ccccc1C. The van der Waals surface area contributed by atoms with Crippen molar-refractivity contribution in [3.8, 4) is 0 Å². The average molecular weight is 230 g/mol. The summed E-state index contributed by atoms with van der Waals surface area (Å²) in [5, 5.41) is 0. The molecule has 0 unspecified atom stereocenters. The number of unbranched alkanes of at least 4 members (excludes halogenated alkanes) is 1. The summed E-state index contributed by atoms with van der Waals surface area (Å²) in [6, 6.07) is 6.68. The summed E-state index contributed by atoms with van der Waals surface area (Å²) < 4.78 is 31.8. The van der Waals surface area contributed by atoms with Crippen LogP contribution < -0.4 is 0 Å². The topological polar surface area (TPSA) is 57.5 Å². The molecule has 0 saturated carbocycles. The van der Waals surface area contributed by atoms with Gasteiger partial charge in [0.05, 0.1) is 10.6 Å². The van der Waals surface area contributed by atoms with Crippen molar-refractivity contribution in [1.29, 1.82) is 0 Å². The van der Waals surface area contributed by atoms with Gasteiger partial charge in [-0.15, -0.1) is 0 Å². The molecule has 0 aliphatic carbocycles. The Morgan fingerprint density at radius 2 is 1.87 bits per heavy atom. The van der Waals surface area contributed by atoms with Crippen LogP contribution in [0.3, 0.4) is 0 Å². The second kappa shape index (κ2) is 4.04. The number of benzene rings is 1. The van der Waals surface area contributed by atoms with Crippen LogP contribution in [-0.4, -0.2) is 19.1 Å². The molecule has 1 aromatic rings. The molecule has 15 heavy (non-hydrogen) atoms. The summed E-state index contributed by atoms with van der Waals surface area (Å²) in [5.41, 5.74) is 0.649. The van der Waals surface area contributed by atoms with Gasteiger partial charge in [0.2, 0.25) is 0 Å². The van der Waals surface area contributed by atoms with Gasteiger partial charge in [-0.2, -0.15) is 0 Å². The largest absolute Gasteiger partial charge is 0.304 e. The highest BCUT2D eigenvalue weighted by Gasteiger charge is 2.32. The fourth-order valence-corrected chi connectivity index (χ4v) is 3.63. The van der Waals surface area contributed by atoms with E-state index in [1.54, 1.807) is 25.1 Å². The van der Waals surface area contributed by atoms with Crippen LogP contribution >= 0.6 is 0 Å². The third-order valence-electron chi connectivity index (χ3n) is 2.40. The fourth-order valence-electron chi connectivity index (χ4n) is 1.53. The van der Waals surface area contributed by atoms with Gasteiger partial charge in [-0.1, -0.05) is 31.5 Å². The minimum Gasteiger partial charge on any atom is -0.304 e. The van der Waals surface area contributed by atoms with Crippen molar-refractivity contribution in [1.82, 2.24) is 0 Å². The number of aryl methyl sites for hydroxylation is 1. The number of hydrogen-bond donors (Lipinski definition) is 2. The van der Waals surface area contributed by atoms with Crippen LogP contribution in [0.4, 0.5) is 0 Å². The van der Waals surface area contributed by atoms with E-state index in [4.69, 9.17) is 0 Å². The summed E-state index contributed by atoms with van der Waals surface area (Å²) in [5.74, 6) is -0.0848. The Morgan fingerprint density at radius 1 is 1.27 bits per heavy atom. The van der Waals surface area contributed by atoms with E-state index in [1.807, 2.05) is 6.92 Å². The van der Waals surface area contributed by atoms with Crippen molar-refractivity contribution < 1.29 is 13.3 Å². The van der Waals surface area contributed by atoms with E-state index in [9.17, 15) is 13.3 Å². The zero-order chi connectivity index (χ0) is 11.6. The van der Waals surface area contributed by atoms with Crippen molar-refractivity contribution >= 4 is 9.63 Å². The normalized spacial score (nSPS) is 14.5. The first-order valence-corrected chi connectivity index (χ1v) is 7.11. The number of hydrogen-bond acceptors (Lipinski definition) is 1. The summed E-state index contributed by atoms with van der Waals surface area (Å²) >= 11 is 0. The smallest absolute Gasteiger partial charge is 0.109 e. The van der Waals surface area contributed by atoms with Crippen molar-refractivity contribution in [2.24, 2.45) is 0 Å². The maximum absolute atomic E-state index is 12.1. The first kappa shape index (κ1) is 12.4. The first-order chi connectivity index (χ1) is 6.85. The van der Waals surface area contributed by atoms with E-state index in [0.717, 1.165) is 6.42 Å². The van der Waals surface area contributed by atoms with Crippen molar-refractivity contribution in [3.63, 3.8) is 0 Å². The lowest BCUT2D eigenvalue weighted by Crippen LogP contribution is -2.36. The molecule has 1 rings (SSSR count). The van der Waals surface area contributed by atoms with Crippen molar-refractivity contribution in [2.75, 3.05) is 5.75 Å². The lowest BCUT2D eigenvalue weighted by Gasteiger charge is -2.32. The quantitative estimate of drug-likeness (QED) is 0.836. The first-order valence-electron chi connectivity index (χ1n) is 5.06. The van der Waals surface area contributed by atoms with Crippen LogP contribution in [0.5, 0.6) is 0 Å². The number of rotatable bonds is 4. The van der Waals surface area contributed by atoms with E-state index < -0.39 is 9.63 Å². The molecule has 0 saturated heterocycles. The van der Waals surface area contributed by atoms with Gasteiger partial charge in [0.15, 0.2) is 0 Å². The van der Waals surface area contributed by atoms with Gasteiger partial charge in [-0.3, -0.25) is 0 Å². The molecular formula is C11H18O3S. The Labute approximate surface area is 90.6 Å². The van der Waals surface area contributed by atoms with Crippen molar-refractivity contribution in [3.05, 3.63) is 29.8 Å². The lowest BCUT2D eigenvalue weighted by molar-refractivity contribution is 0.387. The third-order valence-corrected chi connectivity index (χ3v) is 4.77. The minimum absolute atomic E-state index is 0.0848. The molecule has 1 aromatic carbocycles. The molecule has 0 aliphatic rings. The van der Waals surface area contributed by atoms with Crippen molar-refractivity contribution in [2.45, 2.75) is 31.6 Å². The Hall–Kier alpha value is -0.710. The van der Waals surface area contributed by atoms with Gasteiger partial charge >= 0.3 is 0 Å². The van der Waals surface area contributed by atoms with Crippen LogP contribution in [0.25, 0.3) is 0 Å². The maximum Gasteiger partial charge on any atom is 0.109 e. The molecule has 86 valence electrons. The molecule has 0 aliphatic heterocycles. The molecule has 0 radical (unpaired) electrons. The molecule has 0 aromatic heterocycles. The van der Waals surface area contributed by atoms with Gasteiger partial charge < -0.3 is 9.11 Å². The van der Waals surface area contributed by atoms with Gasteiger partial charge in [0, 0.05) is 0 Å². The lowest BCUT2D eigenvalue weighted by atomic mass is 10.2. The molecule has 0 amide bonds. The van der Waals surface area contributed by atoms with E-state index in [1.165, 1.54) is 6.07 Å². The molecule has 0 heterocycles. The Kier molecular flexibility index (Phi) is 3.33. The van der Waals surface area contributed by atoms with E-state index in [-0.39, 0.29) is 10.6 Å². The summed E-state index contributed by atoms with van der Waals surface area (Å²) in [4.78, 5) is 0.156. The highest BCUT2D eigenvalue weighted by Crippen LogP contribution is 2.32. The highest BCUT2D eigenvalue weighted by molar-refractivity contribution is 8.10. The van der Waals surface area contributed by atoms with Crippen LogP contribution in [0.15, 0.2) is 29.2 Å². The van der Waals surface area contributed by atoms with E-state index >= 15 is 0 Å². The van der Waals surface area contributed by atoms with Gasteiger partial charge in [0.25, 0.3) is 0 Å². The van der Waals surface area contributed by atoms with Crippen LogP contribution in [0, 0.1) is 6.92 Å². The molecule has 0 bridgehead atoms. The Morgan fingerprint density at radius 3 is 2.40 bits per heavy atom. The minimum atomic E-state index is -4.61. The van der Waals surface area contributed by atoms with Gasteiger partial charge in [-0.25, -0.2) is 4.21 Å². The highest BCUT2D eigenvalue weighted by atomic mass is 32.3. The summed E-state index contributed by atoms with van der Waals surface area (Å²) in [7, 11) is -4.61. The Balaban J connectivity index is 3.14. The standard InChI is InChI=1S/C11H18O3S/c1-3-4-9-15(12,13,14)11-8-6-5-7-10(11)2/h5-8H,3-4,9H2,1-2H3,(H2,12,13,14). The maximum atomic E-state index is 12.1. The van der Waals surface area contributed by atoms with Crippen LogP contribution in [0.2, 0.25) is 0 Å².